The largest absolute Gasteiger partial charge is 0.504 e. The molecule has 0 aliphatic heterocycles. The summed E-state index contributed by atoms with van der Waals surface area (Å²) >= 11 is 6.20. The zero-order valence-corrected chi connectivity index (χ0v) is 14.0. The van der Waals surface area contributed by atoms with Gasteiger partial charge in [0.1, 0.15) is 5.56 Å². The number of rotatable bonds is 5. The van der Waals surface area contributed by atoms with E-state index in [-0.39, 0.29) is 22.1 Å². The standard InChI is InChI=1S/C19H15ClN2O3/c1-2-9-21-13-10-12-7-8-14(20)17(18(12)22-11-13)19(24)25-16-6-4-3-5-15(16)23/h2-8,10-11,21,23H,1,9H2. The van der Waals surface area contributed by atoms with Gasteiger partial charge in [-0.1, -0.05) is 35.9 Å². The number of fused-ring (bicyclic) bond motifs is 1. The number of ether oxygens (including phenoxy) is 1. The molecule has 0 unspecified atom stereocenters. The van der Waals surface area contributed by atoms with Crippen molar-refractivity contribution in [3.05, 3.63) is 71.9 Å². The van der Waals surface area contributed by atoms with Crippen LogP contribution in [0.4, 0.5) is 5.69 Å². The molecule has 2 aromatic carbocycles. The van der Waals surface area contributed by atoms with Gasteiger partial charge in [-0.3, -0.25) is 4.98 Å². The molecule has 2 N–H and O–H groups in total. The maximum Gasteiger partial charge on any atom is 0.347 e. The first kappa shape index (κ1) is 16.8. The van der Waals surface area contributed by atoms with Crippen LogP contribution in [0.25, 0.3) is 10.9 Å². The number of carbonyl (C=O) groups excluding carboxylic acids is 1. The number of anilines is 1. The molecule has 6 heteroatoms. The van der Waals surface area contributed by atoms with Crippen molar-refractivity contribution in [1.29, 1.82) is 0 Å². The van der Waals surface area contributed by atoms with E-state index in [2.05, 4.69) is 16.9 Å². The Morgan fingerprint density at radius 2 is 2.12 bits per heavy atom. The van der Waals surface area contributed by atoms with E-state index in [9.17, 15) is 9.90 Å². The molecular formula is C19H15ClN2O3. The van der Waals surface area contributed by atoms with Crippen LogP contribution < -0.4 is 10.1 Å². The fourth-order valence-corrected chi connectivity index (χ4v) is 2.58. The fourth-order valence-electron chi connectivity index (χ4n) is 2.35. The van der Waals surface area contributed by atoms with Gasteiger partial charge < -0.3 is 15.2 Å². The lowest BCUT2D eigenvalue weighted by molar-refractivity contribution is 0.0731. The van der Waals surface area contributed by atoms with Crippen molar-refractivity contribution in [2.24, 2.45) is 0 Å². The van der Waals surface area contributed by atoms with Crippen molar-refractivity contribution in [1.82, 2.24) is 4.98 Å². The van der Waals surface area contributed by atoms with E-state index >= 15 is 0 Å². The van der Waals surface area contributed by atoms with Crippen molar-refractivity contribution in [2.45, 2.75) is 0 Å². The van der Waals surface area contributed by atoms with Gasteiger partial charge in [-0.05, 0) is 24.3 Å². The number of halogens is 1. The topological polar surface area (TPSA) is 71.5 Å². The lowest BCUT2D eigenvalue weighted by Crippen LogP contribution is -2.11. The van der Waals surface area contributed by atoms with Crippen LogP contribution in [0.15, 0.2) is 61.3 Å². The highest BCUT2D eigenvalue weighted by Gasteiger charge is 2.19. The number of pyridine rings is 1. The molecule has 0 radical (unpaired) electrons. The monoisotopic (exact) mass is 354 g/mol. The number of aromatic hydroxyl groups is 1. The summed E-state index contributed by atoms with van der Waals surface area (Å²) in [4.78, 5) is 16.9. The van der Waals surface area contributed by atoms with Gasteiger partial charge in [0.05, 0.1) is 22.4 Å². The Kier molecular flexibility index (Phi) is 4.86. The van der Waals surface area contributed by atoms with Gasteiger partial charge in [-0.15, -0.1) is 6.58 Å². The van der Waals surface area contributed by atoms with Gasteiger partial charge in [0.15, 0.2) is 11.5 Å². The Morgan fingerprint density at radius 1 is 1.32 bits per heavy atom. The molecule has 0 aliphatic rings. The predicted molar refractivity (Wildman–Crippen MR) is 98.5 cm³/mol. The van der Waals surface area contributed by atoms with Crippen LogP contribution in [0.5, 0.6) is 11.5 Å². The third-order valence-corrected chi connectivity index (χ3v) is 3.84. The number of para-hydroxylation sites is 2. The summed E-state index contributed by atoms with van der Waals surface area (Å²) in [7, 11) is 0. The first-order valence-corrected chi connectivity index (χ1v) is 7.91. The molecule has 0 saturated carbocycles. The summed E-state index contributed by atoms with van der Waals surface area (Å²) in [5.41, 5.74) is 1.38. The van der Waals surface area contributed by atoms with Crippen LogP contribution in [0.1, 0.15) is 10.4 Å². The van der Waals surface area contributed by atoms with Gasteiger partial charge in [0.2, 0.25) is 0 Å². The molecule has 0 bridgehead atoms. The minimum Gasteiger partial charge on any atom is -0.504 e. The maximum atomic E-state index is 12.6. The molecule has 0 aliphatic carbocycles. The Balaban J connectivity index is 1.99. The van der Waals surface area contributed by atoms with Gasteiger partial charge in [-0.2, -0.15) is 0 Å². The second kappa shape index (κ2) is 7.23. The summed E-state index contributed by atoms with van der Waals surface area (Å²) in [6.07, 6.45) is 3.35. The van der Waals surface area contributed by atoms with Crippen LogP contribution >= 0.6 is 11.6 Å². The van der Waals surface area contributed by atoms with E-state index in [4.69, 9.17) is 16.3 Å². The smallest absolute Gasteiger partial charge is 0.347 e. The van der Waals surface area contributed by atoms with Crippen LogP contribution in [0.3, 0.4) is 0 Å². The zero-order chi connectivity index (χ0) is 17.8. The highest BCUT2D eigenvalue weighted by molar-refractivity contribution is 6.35. The number of phenols is 1. The zero-order valence-electron chi connectivity index (χ0n) is 13.2. The summed E-state index contributed by atoms with van der Waals surface area (Å²) in [6.45, 7) is 4.25. The number of hydrogen-bond acceptors (Lipinski definition) is 5. The normalized spacial score (nSPS) is 10.4. The number of esters is 1. The molecule has 0 saturated heterocycles. The molecule has 3 aromatic rings. The van der Waals surface area contributed by atoms with E-state index in [1.807, 2.05) is 6.07 Å². The number of hydrogen-bond donors (Lipinski definition) is 2. The molecule has 0 spiro atoms. The minimum absolute atomic E-state index is 0.0600. The lowest BCUT2D eigenvalue weighted by Gasteiger charge is -2.11. The summed E-state index contributed by atoms with van der Waals surface area (Å²) in [5.74, 6) is -0.752. The van der Waals surface area contributed by atoms with Crippen molar-refractivity contribution in [3.63, 3.8) is 0 Å². The van der Waals surface area contributed by atoms with Gasteiger partial charge in [-0.25, -0.2) is 4.79 Å². The van der Waals surface area contributed by atoms with E-state index in [1.165, 1.54) is 12.1 Å². The van der Waals surface area contributed by atoms with Gasteiger partial charge >= 0.3 is 5.97 Å². The molecule has 1 heterocycles. The average Bonchev–Trinajstić information content (AvgIpc) is 2.61. The second-order valence-corrected chi connectivity index (χ2v) is 5.65. The number of carbonyl (C=O) groups is 1. The number of nitrogens with zero attached hydrogens (tertiary/aromatic N) is 1. The van der Waals surface area contributed by atoms with Crippen molar-refractivity contribution in [2.75, 3.05) is 11.9 Å². The quantitative estimate of drug-likeness (QED) is 0.403. The molecule has 5 nitrogen and oxygen atoms in total. The molecule has 0 atom stereocenters. The van der Waals surface area contributed by atoms with Crippen molar-refractivity contribution in [3.8, 4) is 11.5 Å². The SMILES string of the molecule is C=CCNc1cnc2c(C(=O)Oc3ccccc3O)c(Cl)ccc2c1. The molecular weight excluding hydrogens is 340 g/mol. The summed E-state index contributed by atoms with van der Waals surface area (Å²) < 4.78 is 5.27. The maximum absolute atomic E-state index is 12.6. The first-order chi connectivity index (χ1) is 12.1. The first-order valence-electron chi connectivity index (χ1n) is 7.53. The van der Waals surface area contributed by atoms with E-state index < -0.39 is 5.97 Å². The van der Waals surface area contributed by atoms with Crippen LogP contribution in [-0.2, 0) is 0 Å². The van der Waals surface area contributed by atoms with Crippen LogP contribution in [-0.4, -0.2) is 22.6 Å². The number of aromatic nitrogens is 1. The molecule has 0 amide bonds. The molecule has 3 rings (SSSR count). The summed E-state index contributed by atoms with van der Waals surface area (Å²) in [5, 5.41) is 13.9. The third kappa shape index (κ3) is 3.56. The van der Waals surface area contributed by atoms with Crippen molar-refractivity contribution >= 4 is 34.2 Å². The Morgan fingerprint density at radius 3 is 2.88 bits per heavy atom. The van der Waals surface area contributed by atoms with Crippen LogP contribution in [0.2, 0.25) is 5.02 Å². The third-order valence-electron chi connectivity index (χ3n) is 3.52. The van der Waals surface area contributed by atoms with Gasteiger partial charge in [0, 0.05) is 11.9 Å². The lowest BCUT2D eigenvalue weighted by atomic mass is 10.1. The predicted octanol–water partition coefficient (Wildman–Crippen LogP) is 4.41. The number of benzene rings is 2. The average molecular weight is 355 g/mol. The van der Waals surface area contributed by atoms with Crippen LogP contribution in [0, 0.1) is 0 Å². The van der Waals surface area contributed by atoms with Crippen molar-refractivity contribution < 1.29 is 14.6 Å². The second-order valence-electron chi connectivity index (χ2n) is 5.24. The van der Waals surface area contributed by atoms with Gasteiger partial charge in [0.25, 0.3) is 0 Å². The number of nitrogens with one attached hydrogen (secondary N) is 1. The fraction of sp³-hybridized carbons (Fsp3) is 0.0526. The van der Waals surface area contributed by atoms with E-state index in [0.717, 1.165) is 11.1 Å². The highest BCUT2D eigenvalue weighted by atomic mass is 35.5. The molecule has 25 heavy (non-hydrogen) atoms. The number of phenolic OH excluding ortho intramolecular Hbond substituents is 1. The molecule has 126 valence electrons. The highest BCUT2D eigenvalue weighted by Crippen LogP contribution is 2.30. The molecule has 0 fully saturated rings. The molecule has 1 aromatic heterocycles. The minimum atomic E-state index is -0.684. The summed E-state index contributed by atoms with van der Waals surface area (Å²) in [6, 6.07) is 11.5. The Bertz CT molecular complexity index is 957. The van der Waals surface area contributed by atoms with E-state index in [0.29, 0.717) is 12.1 Å². The Hall–Kier alpha value is -3.05. The van der Waals surface area contributed by atoms with E-state index in [1.54, 1.807) is 36.5 Å². The Labute approximate surface area is 149 Å².